The minimum atomic E-state index is -0.515. The fourth-order valence-electron chi connectivity index (χ4n) is 4.09. The molecule has 154 valence electrons. The SMILES string of the molecule is CC(C)[C@@H]1CC[C@@H](C)C[C@@H]1OC(=O)COC(=O)c1ccc(-c2ccccc2)cc1. The number of benzene rings is 2. The van der Waals surface area contributed by atoms with Crippen molar-refractivity contribution in [2.24, 2.45) is 17.8 Å². The van der Waals surface area contributed by atoms with Crippen LogP contribution >= 0.6 is 0 Å². The normalized spacial score (nSPS) is 21.6. The average Bonchev–Trinajstić information content (AvgIpc) is 2.72. The van der Waals surface area contributed by atoms with Gasteiger partial charge in [-0.15, -0.1) is 0 Å². The molecule has 1 saturated carbocycles. The third-order valence-corrected chi connectivity index (χ3v) is 5.79. The van der Waals surface area contributed by atoms with E-state index in [1.165, 1.54) is 6.42 Å². The van der Waals surface area contributed by atoms with Crippen molar-refractivity contribution < 1.29 is 19.1 Å². The van der Waals surface area contributed by atoms with Gasteiger partial charge in [0.2, 0.25) is 0 Å². The van der Waals surface area contributed by atoms with E-state index in [0.717, 1.165) is 24.0 Å². The summed E-state index contributed by atoms with van der Waals surface area (Å²) in [5.41, 5.74) is 2.52. The number of esters is 2. The summed E-state index contributed by atoms with van der Waals surface area (Å²) in [6, 6.07) is 17.1. The largest absolute Gasteiger partial charge is 0.460 e. The lowest BCUT2D eigenvalue weighted by Crippen LogP contribution is -2.36. The van der Waals surface area contributed by atoms with Crippen molar-refractivity contribution >= 4 is 11.9 Å². The highest BCUT2D eigenvalue weighted by Crippen LogP contribution is 2.35. The summed E-state index contributed by atoms with van der Waals surface area (Å²) in [5.74, 6) is 0.402. The predicted octanol–water partition coefficient (Wildman–Crippen LogP) is 5.51. The minimum Gasteiger partial charge on any atom is -0.460 e. The van der Waals surface area contributed by atoms with Gasteiger partial charge in [-0.2, -0.15) is 0 Å². The van der Waals surface area contributed by atoms with E-state index in [9.17, 15) is 9.59 Å². The Kier molecular flexibility index (Phi) is 7.08. The summed E-state index contributed by atoms with van der Waals surface area (Å²) in [4.78, 5) is 24.5. The van der Waals surface area contributed by atoms with E-state index in [2.05, 4.69) is 20.8 Å². The molecule has 1 fully saturated rings. The maximum atomic E-state index is 12.3. The molecule has 0 heterocycles. The van der Waals surface area contributed by atoms with E-state index in [4.69, 9.17) is 9.47 Å². The van der Waals surface area contributed by atoms with Crippen molar-refractivity contribution in [1.82, 2.24) is 0 Å². The van der Waals surface area contributed by atoms with Crippen molar-refractivity contribution in [2.45, 2.75) is 46.1 Å². The van der Waals surface area contributed by atoms with E-state index in [1.807, 2.05) is 42.5 Å². The van der Waals surface area contributed by atoms with Crippen LogP contribution in [0.3, 0.4) is 0 Å². The number of hydrogen-bond donors (Lipinski definition) is 0. The zero-order valence-electron chi connectivity index (χ0n) is 17.5. The first-order valence-electron chi connectivity index (χ1n) is 10.5. The predicted molar refractivity (Wildman–Crippen MR) is 113 cm³/mol. The molecule has 0 bridgehead atoms. The van der Waals surface area contributed by atoms with E-state index < -0.39 is 11.9 Å². The Bertz CT molecular complexity index is 810. The Morgan fingerprint density at radius 2 is 1.62 bits per heavy atom. The topological polar surface area (TPSA) is 52.6 Å². The van der Waals surface area contributed by atoms with Crippen LogP contribution in [-0.4, -0.2) is 24.6 Å². The molecule has 0 aliphatic heterocycles. The number of rotatable bonds is 6. The molecule has 0 aromatic heterocycles. The van der Waals surface area contributed by atoms with Crippen LogP contribution in [0.4, 0.5) is 0 Å². The Morgan fingerprint density at radius 3 is 2.28 bits per heavy atom. The van der Waals surface area contributed by atoms with Crippen LogP contribution in [0.1, 0.15) is 50.4 Å². The van der Waals surface area contributed by atoms with Gasteiger partial charge in [-0.25, -0.2) is 9.59 Å². The first kappa shape index (κ1) is 21.1. The monoisotopic (exact) mass is 394 g/mol. The van der Waals surface area contributed by atoms with Crippen LogP contribution in [0.25, 0.3) is 11.1 Å². The van der Waals surface area contributed by atoms with Gasteiger partial charge in [0, 0.05) is 0 Å². The third-order valence-electron chi connectivity index (χ3n) is 5.79. The van der Waals surface area contributed by atoms with Gasteiger partial charge in [0.15, 0.2) is 6.61 Å². The van der Waals surface area contributed by atoms with Gasteiger partial charge in [-0.1, -0.05) is 69.7 Å². The van der Waals surface area contributed by atoms with E-state index >= 15 is 0 Å². The van der Waals surface area contributed by atoms with Crippen LogP contribution < -0.4 is 0 Å². The van der Waals surface area contributed by atoms with Gasteiger partial charge in [-0.3, -0.25) is 0 Å². The lowest BCUT2D eigenvalue weighted by atomic mass is 9.75. The molecule has 3 atom stereocenters. The molecule has 0 unspecified atom stereocenters. The molecule has 4 heteroatoms. The van der Waals surface area contributed by atoms with Crippen LogP contribution in [0, 0.1) is 17.8 Å². The molecular weight excluding hydrogens is 364 g/mol. The van der Waals surface area contributed by atoms with E-state index in [1.54, 1.807) is 12.1 Å². The smallest absolute Gasteiger partial charge is 0.344 e. The van der Waals surface area contributed by atoms with Crippen LogP contribution in [0.5, 0.6) is 0 Å². The van der Waals surface area contributed by atoms with Gasteiger partial charge in [-0.05, 0) is 53.9 Å². The van der Waals surface area contributed by atoms with Gasteiger partial charge >= 0.3 is 11.9 Å². The molecule has 0 spiro atoms. The Labute approximate surface area is 173 Å². The summed E-state index contributed by atoms with van der Waals surface area (Å²) in [5, 5.41) is 0. The van der Waals surface area contributed by atoms with Gasteiger partial charge in [0.05, 0.1) is 5.56 Å². The summed E-state index contributed by atoms with van der Waals surface area (Å²) < 4.78 is 10.9. The highest BCUT2D eigenvalue weighted by molar-refractivity contribution is 5.91. The average molecular weight is 395 g/mol. The summed E-state index contributed by atoms with van der Waals surface area (Å²) in [6.07, 6.45) is 3.04. The zero-order valence-corrected chi connectivity index (χ0v) is 17.5. The highest BCUT2D eigenvalue weighted by atomic mass is 16.6. The maximum Gasteiger partial charge on any atom is 0.344 e. The Morgan fingerprint density at radius 1 is 0.966 bits per heavy atom. The summed E-state index contributed by atoms with van der Waals surface area (Å²) in [7, 11) is 0. The second-order valence-corrected chi connectivity index (χ2v) is 8.37. The number of carbonyl (C=O) groups excluding carboxylic acids is 2. The molecule has 29 heavy (non-hydrogen) atoms. The molecule has 4 nitrogen and oxygen atoms in total. The first-order chi connectivity index (χ1) is 13.9. The lowest BCUT2D eigenvalue weighted by Gasteiger charge is -2.36. The van der Waals surface area contributed by atoms with Crippen molar-refractivity contribution in [2.75, 3.05) is 6.61 Å². The fraction of sp³-hybridized carbons (Fsp3) is 0.440. The summed E-state index contributed by atoms with van der Waals surface area (Å²) in [6.45, 7) is 6.17. The maximum absolute atomic E-state index is 12.3. The number of carbonyl (C=O) groups is 2. The molecular formula is C25H30O4. The van der Waals surface area contributed by atoms with Gasteiger partial charge < -0.3 is 9.47 Å². The Hall–Kier alpha value is -2.62. The van der Waals surface area contributed by atoms with Crippen LogP contribution in [0.15, 0.2) is 54.6 Å². The molecule has 1 aliphatic rings. The van der Waals surface area contributed by atoms with E-state index in [-0.39, 0.29) is 12.7 Å². The number of ether oxygens (including phenoxy) is 2. The quantitative estimate of drug-likeness (QED) is 0.606. The summed E-state index contributed by atoms with van der Waals surface area (Å²) >= 11 is 0. The molecule has 3 rings (SSSR count). The second kappa shape index (κ2) is 9.73. The van der Waals surface area contributed by atoms with Crippen molar-refractivity contribution in [1.29, 1.82) is 0 Å². The highest BCUT2D eigenvalue weighted by Gasteiger charge is 2.33. The van der Waals surface area contributed by atoms with Gasteiger partial charge in [0.25, 0.3) is 0 Å². The van der Waals surface area contributed by atoms with Gasteiger partial charge in [0.1, 0.15) is 6.10 Å². The molecule has 2 aromatic carbocycles. The van der Waals surface area contributed by atoms with E-state index in [0.29, 0.717) is 23.3 Å². The van der Waals surface area contributed by atoms with Crippen molar-refractivity contribution in [3.8, 4) is 11.1 Å². The number of hydrogen-bond acceptors (Lipinski definition) is 4. The van der Waals surface area contributed by atoms with Crippen LogP contribution in [0.2, 0.25) is 0 Å². The van der Waals surface area contributed by atoms with Crippen LogP contribution in [-0.2, 0) is 14.3 Å². The Balaban J connectivity index is 1.52. The molecule has 0 amide bonds. The third kappa shape index (κ3) is 5.69. The fourth-order valence-corrected chi connectivity index (χ4v) is 4.09. The minimum absolute atomic E-state index is 0.0879. The van der Waals surface area contributed by atoms with Crippen molar-refractivity contribution in [3.05, 3.63) is 60.2 Å². The zero-order chi connectivity index (χ0) is 20.8. The van der Waals surface area contributed by atoms with Crippen molar-refractivity contribution in [3.63, 3.8) is 0 Å². The molecule has 0 saturated heterocycles. The molecule has 2 aromatic rings. The molecule has 0 radical (unpaired) electrons. The second-order valence-electron chi connectivity index (χ2n) is 8.37. The lowest BCUT2D eigenvalue weighted by molar-refractivity contribution is -0.159. The molecule has 0 N–H and O–H groups in total. The first-order valence-corrected chi connectivity index (χ1v) is 10.5. The molecule has 1 aliphatic carbocycles. The standard InChI is InChI=1S/C25H30O4/c1-17(2)22-14-9-18(3)15-23(22)29-24(26)16-28-25(27)21-12-10-20(11-13-21)19-7-5-4-6-8-19/h4-8,10-13,17-18,22-23H,9,14-16H2,1-3H3/t18-,22+,23+/m1/s1.